The van der Waals surface area contributed by atoms with Gasteiger partial charge in [0.15, 0.2) is 0 Å². The van der Waals surface area contributed by atoms with Crippen LogP contribution in [0, 0.1) is 11.3 Å². The van der Waals surface area contributed by atoms with E-state index in [0.717, 1.165) is 0 Å². The molecule has 1 aromatic carbocycles. The number of rotatable bonds is 2. The molecule has 3 N–H and O–H groups in total. The normalized spacial score (nSPS) is 22.8. The molecule has 1 aromatic rings. The number of carboxylic acids is 1. The Bertz CT molecular complexity index is 541. The van der Waals surface area contributed by atoms with Crippen LogP contribution in [0.3, 0.4) is 0 Å². The van der Waals surface area contributed by atoms with E-state index in [1.54, 1.807) is 23.1 Å². The van der Waals surface area contributed by atoms with E-state index in [0.29, 0.717) is 29.2 Å². The highest BCUT2D eigenvalue weighted by Crippen LogP contribution is 2.31. The molecule has 0 aromatic heterocycles. The zero-order chi connectivity index (χ0) is 13.3. The van der Waals surface area contributed by atoms with Crippen LogP contribution < -0.4 is 10.6 Å². The lowest BCUT2D eigenvalue weighted by atomic mass is 10.0. The lowest BCUT2D eigenvalue weighted by molar-refractivity contribution is -0.142. The van der Waals surface area contributed by atoms with Crippen LogP contribution in [-0.2, 0) is 4.79 Å². The predicted octanol–water partition coefficient (Wildman–Crippen LogP) is 1.20. The molecule has 5 nitrogen and oxygen atoms in total. The van der Waals surface area contributed by atoms with E-state index in [1.165, 1.54) is 0 Å². The topological polar surface area (TPSA) is 90.4 Å². The molecule has 6 heteroatoms. The highest BCUT2D eigenvalue weighted by molar-refractivity contribution is 6.32. The number of nitrogens with zero attached hydrogens (tertiary/aromatic N) is 2. The van der Waals surface area contributed by atoms with Crippen LogP contribution in [0.2, 0.25) is 5.02 Å². The number of carboxylic acid groups (broad SMARTS) is 1. The Morgan fingerprint density at radius 1 is 1.61 bits per heavy atom. The molecule has 2 rings (SSSR count). The number of halogens is 1. The first-order valence-electron chi connectivity index (χ1n) is 5.44. The Morgan fingerprint density at radius 2 is 2.33 bits per heavy atom. The first-order valence-corrected chi connectivity index (χ1v) is 5.81. The molecule has 1 unspecified atom stereocenters. The van der Waals surface area contributed by atoms with E-state index in [4.69, 9.17) is 27.7 Å². The summed E-state index contributed by atoms with van der Waals surface area (Å²) in [6.07, 6.45) is 0.347. The van der Waals surface area contributed by atoms with Crippen molar-refractivity contribution in [2.75, 3.05) is 18.0 Å². The van der Waals surface area contributed by atoms with Gasteiger partial charge in [0.05, 0.1) is 16.3 Å². The number of nitriles is 1. The minimum atomic E-state index is -1.25. The van der Waals surface area contributed by atoms with Gasteiger partial charge in [-0.2, -0.15) is 5.26 Å². The first kappa shape index (κ1) is 12.7. The SMILES string of the molecule is N#Cc1c(Cl)cccc1N1CCC(N)(C(=O)O)C1. The minimum absolute atomic E-state index is 0.178. The number of carbonyl (C=O) groups is 1. The van der Waals surface area contributed by atoms with E-state index >= 15 is 0 Å². The van der Waals surface area contributed by atoms with Crippen molar-refractivity contribution in [2.24, 2.45) is 5.73 Å². The monoisotopic (exact) mass is 265 g/mol. The van der Waals surface area contributed by atoms with Crippen LogP contribution >= 0.6 is 11.6 Å². The van der Waals surface area contributed by atoms with E-state index in [1.807, 2.05) is 6.07 Å². The van der Waals surface area contributed by atoms with Gasteiger partial charge in [0.1, 0.15) is 11.6 Å². The van der Waals surface area contributed by atoms with Crippen LogP contribution in [0.1, 0.15) is 12.0 Å². The average Bonchev–Trinajstić information content (AvgIpc) is 2.73. The molecular formula is C12H12ClN3O2. The van der Waals surface area contributed by atoms with Crippen molar-refractivity contribution in [3.63, 3.8) is 0 Å². The Balaban J connectivity index is 2.34. The molecule has 1 fully saturated rings. The molecule has 1 atom stereocenters. The summed E-state index contributed by atoms with van der Waals surface area (Å²) in [5.74, 6) is -1.02. The fourth-order valence-corrected chi connectivity index (χ4v) is 2.31. The molecule has 1 saturated heterocycles. The third-order valence-electron chi connectivity index (χ3n) is 3.17. The fraction of sp³-hybridized carbons (Fsp3) is 0.333. The number of anilines is 1. The van der Waals surface area contributed by atoms with Crippen molar-refractivity contribution in [3.8, 4) is 6.07 Å². The third-order valence-corrected chi connectivity index (χ3v) is 3.49. The van der Waals surface area contributed by atoms with Gasteiger partial charge in [0, 0.05) is 13.1 Å². The van der Waals surface area contributed by atoms with E-state index in [2.05, 4.69) is 0 Å². The van der Waals surface area contributed by atoms with Crippen LogP contribution in [-0.4, -0.2) is 29.7 Å². The lowest BCUT2D eigenvalue weighted by Crippen LogP contribution is -2.50. The van der Waals surface area contributed by atoms with Crippen molar-refractivity contribution < 1.29 is 9.90 Å². The van der Waals surface area contributed by atoms with Crippen molar-refractivity contribution in [1.82, 2.24) is 0 Å². The predicted molar refractivity (Wildman–Crippen MR) is 67.6 cm³/mol. The zero-order valence-electron chi connectivity index (χ0n) is 9.56. The Kier molecular flexibility index (Phi) is 3.16. The Labute approximate surface area is 109 Å². The summed E-state index contributed by atoms with van der Waals surface area (Å²) in [7, 11) is 0. The molecule has 0 amide bonds. The molecule has 0 radical (unpaired) electrons. The van der Waals surface area contributed by atoms with Crippen LogP contribution in [0.5, 0.6) is 0 Å². The Hall–Kier alpha value is -1.77. The molecule has 1 heterocycles. The van der Waals surface area contributed by atoms with Gasteiger partial charge in [-0.25, -0.2) is 0 Å². The summed E-state index contributed by atoms with van der Waals surface area (Å²) >= 11 is 5.94. The molecule has 0 saturated carbocycles. The number of hydrogen-bond donors (Lipinski definition) is 2. The summed E-state index contributed by atoms with van der Waals surface area (Å²) in [4.78, 5) is 12.9. The molecule has 1 aliphatic rings. The highest BCUT2D eigenvalue weighted by Gasteiger charge is 2.41. The maximum absolute atomic E-state index is 11.1. The number of benzene rings is 1. The largest absolute Gasteiger partial charge is 0.480 e. The fourth-order valence-electron chi connectivity index (χ4n) is 2.10. The zero-order valence-corrected chi connectivity index (χ0v) is 10.3. The maximum Gasteiger partial charge on any atom is 0.325 e. The lowest BCUT2D eigenvalue weighted by Gasteiger charge is -2.22. The van der Waals surface area contributed by atoms with Gasteiger partial charge in [-0.05, 0) is 18.6 Å². The molecule has 0 spiro atoms. The third kappa shape index (κ3) is 2.01. The van der Waals surface area contributed by atoms with Gasteiger partial charge >= 0.3 is 5.97 Å². The highest BCUT2D eigenvalue weighted by atomic mass is 35.5. The van der Waals surface area contributed by atoms with Crippen molar-refractivity contribution in [1.29, 1.82) is 5.26 Å². The number of nitrogens with two attached hydrogens (primary N) is 1. The molecule has 94 valence electrons. The molecule has 0 bridgehead atoms. The second-order valence-electron chi connectivity index (χ2n) is 4.38. The minimum Gasteiger partial charge on any atom is -0.480 e. The van der Waals surface area contributed by atoms with Gasteiger partial charge in [0.2, 0.25) is 0 Å². The standard InChI is InChI=1S/C12H12ClN3O2/c13-9-2-1-3-10(8(9)6-14)16-5-4-12(15,7-16)11(17)18/h1-3H,4-5,7,15H2,(H,17,18). The summed E-state index contributed by atoms with van der Waals surface area (Å²) in [6, 6.07) is 7.15. The Morgan fingerprint density at radius 3 is 2.89 bits per heavy atom. The molecule has 1 aliphatic heterocycles. The average molecular weight is 266 g/mol. The summed E-state index contributed by atoms with van der Waals surface area (Å²) < 4.78 is 0. The van der Waals surface area contributed by atoms with Gasteiger partial charge in [-0.15, -0.1) is 0 Å². The number of hydrogen-bond acceptors (Lipinski definition) is 4. The second-order valence-corrected chi connectivity index (χ2v) is 4.79. The summed E-state index contributed by atoms with van der Waals surface area (Å²) in [6.45, 7) is 0.676. The van der Waals surface area contributed by atoms with Crippen molar-refractivity contribution >= 4 is 23.3 Å². The second kappa shape index (κ2) is 4.48. The van der Waals surface area contributed by atoms with Crippen molar-refractivity contribution in [2.45, 2.75) is 12.0 Å². The van der Waals surface area contributed by atoms with Crippen LogP contribution in [0.15, 0.2) is 18.2 Å². The van der Waals surface area contributed by atoms with Crippen molar-refractivity contribution in [3.05, 3.63) is 28.8 Å². The number of aliphatic carboxylic acids is 1. The summed E-state index contributed by atoms with van der Waals surface area (Å²) in [5, 5.41) is 18.5. The van der Waals surface area contributed by atoms with Crippen LogP contribution in [0.25, 0.3) is 0 Å². The quantitative estimate of drug-likeness (QED) is 0.839. The molecule has 0 aliphatic carbocycles. The first-order chi connectivity index (χ1) is 8.48. The smallest absolute Gasteiger partial charge is 0.325 e. The molecular weight excluding hydrogens is 254 g/mol. The molecule has 18 heavy (non-hydrogen) atoms. The van der Waals surface area contributed by atoms with E-state index < -0.39 is 11.5 Å². The van der Waals surface area contributed by atoms with E-state index in [9.17, 15) is 4.79 Å². The van der Waals surface area contributed by atoms with Gasteiger partial charge < -0.3 is 15.7 Å². The van der Waals surface area contributed by atoms with Gasteiger partial charge in [0.25, 0.3) is 0 Å². The van der Waals surface area contributed by atoms with Gasteiger partial charge in [-0.3, -0.25) is 4.79 Å². The van der Waals surface area contributed by atoms with Gasteiger partial charge in [-0.1, -0.05) is 17.7 Å². The van der Waals surface area contributed by atoms with Crippen LogP contribution in [0.4, 0.5) is 5.69 Å². The van der Waals surface area contributed by atoms with E-state index in [-0.39, 0.29) is 6.54 Å². The maximum atomic E-state index is 11.1. The summed E-state index contributed by atoms with van der Waals surface area (Å²) in [5.41, 5.74) is 5.54.